The molecule has 0 bridgehead atoms. The number of halogens is 2. The van der Waals surface area contributed by atoms with Gasteiger partial charge in [0.25, 0.3) is 5.91 Å². The van der Waals surface area contributed by atoms with Crippen molar-refractivity contribution in [1.29, 1.82) is 0 Å². The summed E-state index contributed by atoms with van der Waals surface area (Å²) in [6.07, 6.45) is 2.21. The summed E-state index contributed by atoms with van der Waals surface area (Å²) in [5.74, 6) is 0.531. The monoisotopic (exact) mass is 422 g/mol. The van der Waals surface area contributed by atoms with Crippen LogP contribution in [0.1, 0.15) is 27.3 Å². The van der Waals surface area contributed by atoms with E-state index in [9.17, 15) is 4.79 Å². The number of nitrogens with one attached hydrogen (secondary N) is 2. The molecule has 1 aromatic heterocycles. The minimum absolute atomic E-state index is 0.317. The number of aromatic nitrogens is 2. The molecule has 0 aliphatic carbocycles. The van der Waals surface area contributed by atoms with E-state index in [1.807, 2.05) is 24.3 Å². The number of nitrogens with zero attached hydrogens (tertiary/aromatic N) is 2. The molecule has 0 aliphatic rings. The molecule has 2 N–H and O–H groups in total. The van der Waals surface area contributed by atoms with Crippen LogP contribution < -0.4 is 5.43 Å². The maximum absolute atomic E-state index is 12.4. The average molecular weight is 423 g/mol. The molecule has 1 amide bonds. The number of amides is 1. The lowest BCUT2D eigenvalue weighted by Crippen LogP contribution is -2.17. The molecule has 0 aliphatic heterocycles. The third-order valence-corrected chi connectivity index (χ3v) is 5.07. The molecule has 144 valence electrons. The van der Waals surface area contributed by atoms with Gasteiger partial charge < -0.3 is 4.98 Å². The van der Waals surface area contributed by atoms with Crippen molar-refractivity contribution in [3.8, 4) is 0 Å². The smallest absolute Gasteiger partial charge is 0.271 e. The number of fused-ring (bicyclic) bond motifs is 1. The molecule has 29 heavy (non-hydrogen) atoms. The van der Waals surface area contributed by atoms with Crippen molar-refractivity contribution >= 4 is 46.4 Å². The van der Waals surface area contributed by atoms with Crippen molar-refractivity contribution in [2.24, 2.45) is 5.10 Å². The van der Waals surface area contributed by atoms with Crippen LogP contribution in [0.15, 0.2) is 71.8 Å². The molecule has 0 radical (unpaired) electrons. The lowest BCUT2D eigenvalue weighted by Gasteiger charge is -2.00. The fraction of sp³-hybridized carbons (Fsp3) is 0.0455. The van der Waals surface area contributed by atoms with Gasteiger partial charge in [-0.05, 0) is 41.5 Å². The van der Waals surface area contributed by atoms with E-state index in [0.717, 1.165) is 22.4 Å². The number of hydrogen-bond donors (Lipinski definition) is 2. The van der Waals surface area contributed by atoms with Crippen LogP contribution in [0, 0.1) is 0 Å². The van der Waals surface area contributed by atoms with E-state index < -0.39 is 0 Å². The lowest BCUT2D eigenvalue weighted by molar-refractivity contribution is 0.0955. The Morgan fingerprint density at radius 3 is 2.66 bits per heavy atom. The maximum atomic E-state index is 12.4. The quantitative estimate of drug-likeness (QED) is 0.341. The number of benzene rings is 3. The topological polar surface area (TPSA) is 70.1 Å². The van der Waals surface area contributed by atoms with Gasteiger partial charge in [0.1, 0.15) is 5.82 Å². The Bertz CT molecular complexity index is 1200. The van der Waals surface area contributed by atoms with Crippen LogP contribution in [-0.2, 0) is 6.42 Å². The molecule has 4 rings (SSSR count). The van der Waals surface area contributed by atoms with Crippen molar-refractivity contribution < 1.29 is 4.79 Å². The molecule has 0 spiro atoms. The van der Waals surface area contributed by atoms with Gasteiger partial charge in [0.05, 0.1) is 27.3 Å². The zero-order chi connectivity index (χ0) is 20.2. The summed E-state index contributed by atoms with van der Waals surface area (Å²) in [7, 11) is 0. The van der Waals surface area contributed by atoms with Crippen molar-refractivity contribution in [2.45, 2.75) is 6.42 Å². The average Bonchev–Trinajstić information content (AvgIpc) is 3.12. The number of hydrogen-bond acceptors (Lipinski definition) is 3. The highest BCUT2D eigenvalue weighted by atomic mass is 35.5. The number of carbonyl (C=O) groups is 1. The fourth-order valence-electron chi connectivity index (χ4n) is 2.90. The number of hydrazone groups is 1. The lowest BCUT2D eigenvalue weighted by atomic mass is 10.1. The van der Waals surface area contributed by atoms with E-state index in [1.54, 1.807) is 30.3 Å². The first kappa shape index (κ1) is 19.2. The number of H-pyrrole nitrogens is 1. The second kappa shape index (κ2) is 8.47. The molecule has 1 heterocycles. The van der Waals surface area contributed by atoms with Gasteiger partial charge in [-0.15, -0.1) is 0 Å². The second-order valence-corrected chi connectivity index (χ2v) is 7.26. The molecule has 0 unspecified atom stereocenters. The summed E-state index contributed by atoms with van der Waals surface area (Å²) in [6.45, 7) is 0. The van der Waals surface area contributed by atoms with Crippen LogP contribution in [0.4, 0.5) is 0 Å². The Morgan fingerprint density at radius 1 is 1.03 bits per heavy atom. The van der Waals surface area contributed by atoms with Gasteiger partial charge in [0.2, 0.25) is 0 Å². The number of aromatic amines is 1. The van der Waals surface area contributed by atoms with Gasteiger partial charge in [0, 0.05) is 12.0 Å². The first-order chi connectivity index (χ1) is 14.1. The minimum atomic E-state index is -0.317. The van der Waals surface area contributed by atoms with Gasteiger partial charge >= 0.3 is 0 Å². The molecule has 7 heteroatoms. The molecule has 4 aromatic rings. The highest BCUT2D eigenvalue weighted by Gasteiger charge is 2.09. The van der Waals surface area contributed by atoms with Crippen LogP contribution in [0.2, 0.25) is 10.0 Å². The summed E-state index contributed by atoms with van der Waals surface area (Å²) in [5, 5.41) is 4.87. The van der Waals surface area contributed by atoms with E-state index in [-0.39, 0.29) is 5.91 Å². The number of carbonyl (C=O) groups excluding carboxylic acids is 1. The van der Waals surface area contributed by atoms with E-state index >= 15 is 0 Å². The van der Waals surface area contributed by atoms with Crippen molar-refractivity contribution in [2.75, 3.05) is 0 Å². The highest BCUT2D eigenvalue weighted by Crippen LogP contribution is 2.21. The molecule has 5 nitrogen and oxygen atoms in total. The largest absolute Gasteiger partial charge is 0.342 e. The molecule has 0 saturated heterocycles. The summed E-state index contributed by atoms with van der Waals surface area (Å²) in [5.41, 5.74) is 6.51. The maximum Gasteiger partial charge on any atom is 0.271 e. The first-order valence-electron chi connectivity index (χ1n) is 8.89. The van der Waals surface area contributed by atoms with Crippen LogP contribution >= 0.6 is 23.2 Å². The second-order valence-electron chi connectivity index (χ2n) is 6.45. The Hall–Kier alpha value is -3.15. The predicted octanol–water partition coefficient (Wildman–Crippen LogP) is 5.22. The fourth-order valence-corrected chi connectivity index (χ4v) is 3.21. The standard InChI is InChI=1S/C22H16Cl2N4O/c23-17-8-6-15(10-18(17)24)13-25-28-22(29)16-7-9-19-20(12-16)27-21(26-19)11-14-4-2-1-3-5-14/h1-10,12-13H,11H2,(H,26,27)(H,28,29)/b25-13-. The normalized spacial score (nSPS) is 11.2. The van der Waals surface area contributed by atoms with Crippen LogP contribution in [0.3, 0.4) is 0 Å². The molecule has 0 atom stereocenters. The molecular weight excluding hydrogens is 407 g/mol. The third-order valence-electron chi connectivity index (χ3n) is 4.33. The first-order valence-corrected chi connectivity index (χ1v) is 9.65. The molecule has 0 saturated carbocycles. The van der Waals surface area contributed by atoms with Gasteiger partial charge in [-0.2, -0.15) is 5.10 Å². The SMILES string of the molecule is O=C(N/N=C\c1ccc(Cl)c(Cl)c1)c1ccc2nc(Cc3ccccc3)[nH]c2c1. The highest BCUT2D eigenvalue weighted by molar-refractivity contribution is 6.42. The number of imidazole rings is 1. The Morgan fingerprint density at radius 2 is 1.86 bits per heavy atom. The van der Waals surface area contributed by atoms with E-state index in [0.29, 0.717) is 22.0 Å². The summed E-state index contributed by atoms with van der Waals surface area (Å²) in [4.78, 5) is 20.3. The van der Waals surface area contributed by atoms with Crippen molar-refractivity contribution in [3.05, 3.63) is 99.3 Å². The van der Waals surface area contributed by atoms with E-state index in [4.69, 9.17) is 23.2 Å². The third kappa shape index (κ3) is 4.65. The summed E-state index contributed by atoms with van der Waals surface area (Å²) in [6, 6.07) is 20.5. The Kier molecular flexibility index (Phi) is 5.60. The van der Waals surface area contributed by atoms with Gasteiger partial charge in [0.15, 0.2) is 0 Å². The van der Waals surface area contributed by atoms with Crippen molar-refractivity contribution in [3.63, 3.8) is 0 Å². The zero-order valence-electron chi connectivity index (χ0n) is 15.2. The molecular formula is C22H16Cl2N4O. The van der Waals surface area contributed by atoms with Gasteiger partial charge in [-0.1, -0.05) is 59.6 Å². The van der Waals surface area contributed by atoms with Gasteiger partial charge in [-0.3, -0.25) is 4.79 Å². The van der Waals surface area contributed by atoms with E-state index in [1.165, 1.54) is 11.8 Å². The van der Waals surface area contributed by atoms with E-state index in [2.05, 4.69) is 32.6 Å². The summed E-state index contributed by atoms with van der Waals surface area (Å²) < 4.78 is 0. The number of rotatable bonds is 5. The zero-order valence-corrected chi connectivity index (χ0v) is 16.7. The Balaban J connectivity index is 1.46. The van der Waals surface area contributed by atoms with Gasteiger partial charge in [-0.25, -0.2) is 10.4 Å². The summed E-state index contributed by atoms with van der Waals surface area (Å²) >= 11 is 11.9. The van der Waals surface area contributed by atoms with Crippen LogP contribution in [0.5, 0.6) is 0 Å². The Labute approximate surface area is 177 Å². The molecule has 3 aromatic carbocycles. The molecule has 0 fully saturated rings. The van der Waals surface area contributed by atoms with Crippen LogP contribution in [0.25, 0.3) is 11.0 Å². The predicted molar refractivity (Wildman–Crippen MR) is 117 cm³/mol. The van der Waals surface area contributed by atoms with Crippen LogP contribution in [-0.4, -0.2) is 22.1 Å². The minimum Gasteiger partial charge on any atom is -0.342 e. The van der Waals surface area contributed by atoms with Crippen molar-refractivity contribution in [1.82, 2.24) is 15.4 Å².